The van der Waals surface area contributed by atoms with Crippen LogP contribution in [-0.4, -0.2) is 37.1 Å². The Morgan fingerprint density at radius 1 is 1.47 bits per heavy atom. The van der Waals surface area contributed by atoms with E-state index in [0.717, 1.165) is 25.4 Å². The third-order valence-electron chi connectivity index (χ3n) is 4.39. The first kappa shape index (κ1) is 12.9. The van der Waals surface area contributed by atoms with Gasteiger partial charge in [0.2, 0.25) is 0 Å². The Morgan fingerprint density at radius 3 is 2.76 bits per heavy atom. The fourth-order valence-corrected chi connectivity index (χ4v) is 2.80. The Labute approximate surface area is 105 Å². The van der Waals surface area contributed by atoms with Gasteiger partial charge in [0.05, 0.1) is 6.07 Å². The standard InChI is InChI=1S/C14H25N3/c1-12(2)17-8-3-13(10-17)9-16-11-14(4-5-14)6-7-15/h12-13,16H,3-6,8-11H2,1-2H3. The summed E-state index contributed by atoms with van der Waals surface area (Å²) >= 11 is 0. The lowest BCUT2D eigenvalue weighted by Crippen LogP contribution is -2.32. The zero-order valence-electron chi connectivity index (χ0n) is 11.2. The van der Waals surface area contributed by atoms with Crippen LogP contribution in [0.25, 0.3) is 0 Å². The summed E-state index contributed by atoms with van der Waals surface area (Å²) in [5, 5.41) is 12.4. The summed E-state index contributed by atoms with van der Waals surface area (Å²) in [6.07, 6.45) is 4.56. The number of rotatable bonds is 6. The first-order valence-corrected chi connectivity index (χ1v) is 6.97. The smallest absolute Gasteiger partial charge is 0.0628 e. The number of nitriles is 1. The van der Waals surface area contributed by atoms with Crippen LogP contribution in [0.15, 0.2) is 0 Å². The molecule has 1 aliphatic carbocycles. The molecule has 1 unspecified atom stereocenters. The average molecular weight is 235 g/mol. The van der Waals surface area contributed by atoms with E-state index in [0.29, 0.717) is 11.5 Å². The number of likely N-dealkylation sites (tertiary alicyclic amines) is 1. The molecule has 1 saturated carbocycles. The molecular formula is C14H25N3. The molecule has 1 heterocycles. The summed E-state index contributed by atoms with van der Waals surface area (Å²) < 4.78 is 0. The number of hydrogen-bond donors (Lipinski definition) is 1. The zero-order valence-corrected chi connectivity index (χ0v) is 11.2. The molecule has 0 aromatic heterocycles. The van der Waals surface area contributed by atoms with Crippen LogP contribution in [0.5, 0.6) is 0 Å². The Hall–Kier alpha value is -0.590. The quantitative estimate of drug-likeness (QED) is 0.765. The Morgan fingerprint density at radius 2 is 2.24 bits per heavy atom. The van der Waals surface area contributed by atoms with Crippen molar-refractivity contribution in [2.24, 2.45) is 11.3 Å². The largest absolute Gasteiger partial charge is 0.316 e. The van der Waals surface area contributed by atoms with Crippen LogP contribution in [0.2, 0.25) is 0 Å². The van der Waals surface area contributed by atoms with Crippen molar-refractivity contribution in [1.82, 2.24) is 10.2 Å². The molecule has 2 aliphatic rings. The molecule has 2 rings (SSSR count). The monoisotopic (exact) mass is 235 g/mol. The second kappa shape index (κ2) is 5.37. The molecular weight excluding hydrogens is 210 g/mol. The first-order valence-electron chi connectivity index (χ1n) is 6.97. The molecule has 0 radical (unpaired) electrons. The predicted molar refractivity (Wildman–Crippen MR) is 69.6 cm³/mol. The normalized spacial score (nSPS) is 27.3. The van der Waals surface area contributed by atoms with Crippen LogP contribution in [0.1, 0.15) is 39.5 Å². The fraction of sp³-hybridized carbons (Fsp3) is 0.929. The Bertz CT molecular complexity index is 288. The summed E-state index contributed by atoms with van der Waals surface area (Å²) in [5.74, 6) is 0.815. The van der Waals surface area contributed by atoms with E-state index in [9.17, 15) is 0 Å². The predicted octanol–water partition coefficient (Wildman–Crippen LogP) is 2.00. The Kier molecular flexibility index (Phi) is 4.06. The second-order valence-corrected chi connectivity index (χ2v) is 6.21. The van der Waals surface area contributed by atoms with E-state index < -0.39 is 0 Å². The number of hydrogen-bond acceptors (Lipinski definition) is 3. The molecule has 1 N–H and O–H groups in total. The highest BCUT2D eigenvalue weighted by atomic mass is 15.2. The molecule has 0 aromatic rings. The molecule has 1 aliphatic heterocycles. The summed E-state index contributed by atoms with van der Waals surface area (Å²) in [6, 6.07) is 3.01. The molecule has 1 saturated heterocycles. The molecule has 1 atom stereocenters. The molecule has 17 heavy (non-hydrogen) atoms. The van der Waals surface area contributed by atoms with E-state index >= 15 is 0 Å². The lowest BCUT2D eigenvalue weighted by molar-refractivity contribution is 0.263. The second-order valence-electron chi connectivity index (χ2n) is 6.21. The van der Waals surface area contributed by atoms with Crippen LogP contribution in [0.4, 0.5) is 0 Å². The van der Waals surface area contributed by atoms with Crippen LogP contribution < -0.4 is 5.32 Å². The first-order chi connectivity index (χ1) is 8.15. The van der Waals surface area contributed by atoms with E-state index in [1.54, 1.807) is 0 Å². The lowest BCUT2D eigenvalue weighted by Gasteiger charge is -2.20. The number of nitrogens with one attached hydrogen (secondary N) is 1. The summed E-state index contributed by atoms with van der Waals surface area (Å²) in [5.41, 5.74) is 0.352. The van der Waals surface area contributed by atoms with Crippen LogP contribution in [0, 0.1) is 22.7 Å². The van der Waals surface area contributed by atoms with Crippen molar-refractivity contribution in [3.63, 3.8) is 0 Å². The van der Waals surface area contributed by atoms with Crippen molar-refractivity contribution >= 4 is 0 Å². The van der Waals surface area contributed by atoms with Crippen molar-refractivity contribution in [3.05, 3.63) is 0 Å². The summed E-state index contributed by atoms with van der Waals surface area (Å²) in [7, 11) is 0. The van der Waals surface area contributed by atoms with Gasteiger partial charge in [0, 0.05) is 25.6 Å². The van der Waals surface area contributed by atoms with Crippen LogP contribution in [0.3, 0.4) is 0 Å². The summed E-state index contributed by atoms with van der Waals surface area (Å²) in [4.78, 5) is 2.56. The molecule has 96 valence electrons. The average Bonchev–Trinajstić information content (AvgIpc) is 2.88. The number of nitrogens with zero attached hydrogens (tertiary/aromatic N) is 2. The highest BCUT2D eigenvalue weighted by molar-refractivity contribution is 5.00. The summed E-state index contributed by atoms with van der Waals surface area (Å²) in [6.45, 7) is 9.25. The van der Waals surface area contributed by atoms with Crippen molar-refractivity contribution < 1.29 is 0 Å². The minimum absolute atomic E-state index is 0.352. The van der Waals surface area contributed by atoms with Gasteiger partial charge in [-0.15, -0.1) is 0 Å². The van der Waals surface area contributed by atoms with Gasteiger partial charge in [-0.25, -0.2) is 0 Å². The van der Waals surface area contributed by atoms with Gasteiger partial charge >= 0.3 is 0 Å². The topological polar surface area (TPSA) is 39.1 Å². The SMILES string of the molecule is CC(C)N1CCC(CNCC2(CC#N)CC2)C1. The molecule has 0 bridgehead atoms. The third-order valence-corrected chi connectivity index (χ3v) is 4.39. The fourth-order valence-electron chi connectivity index (χ4n) is 2.80. The van der Waals surface area contributed by atoms with Gasteiger partial charge in [0.15, 0.2) is 0 Å². The minimum Gasteiger partial charge on any atom is -0.316 e. The maximum Gasteiger partial charge on any atom is 0.0628 e. The van der Waals surface area contributed by atoms with Gasteiger partial charge in [-0.2, -0.15) is 5.26 Å². The molecule has 0 amide bonds. The van der Waals surface area contributed by atoms with Gasteiger partial charge in [0.25, 0.3) is 0 Å². The van der Waals surface area contributed by atoms with E-state index in [1.165, 1.54) is 32.4 Å². The molecule has 0 spiro atoms. The van der Waals surface area contributed by atoms with Gasteiger partial charge in [-0.05, 0) is 57.5 Å². The van der Waals surface area contributed by atoms with Crippen molar-refractivity contribution in [1.29, 1.82) is 5.26 Å². The van der Waals surface area contributed by atoms with Gasteiger partial charge in [0.1, 0.15) is 0 Å². The van der Waals surface area contributed by atoms with E-state index in [2.05, 4.69) is 30.1 Å². The minimum atomic E-state index is 0.352. The van der Waals surface area contributed by atoms with Crippen molar-refractivity contribution in [3.8, 4) is 6.07 Å². The van der Waals surface area contributed by atoms with E-state index in [1.807, 2.05) is 0 Å². The van der Waals surface area contributed by atoms with Crippen LogP contribution >= 0.6 is 0 Å². The Balaban J connectivity index is 1.62. The molecule has 2 fully saturated rings. The van der Waals surface area contributed by atoms with Gasteiger partial charge in [-0.3, -0.25) is 0 Å². The molecule has 0 aromatic carbocycles. The van der Waals surface area contributed by atoms with Gasteiger partial charge < -0.3 is 10.2 Å². The van der Waals surface area contributed by atoms with Gasteiger partial charge in [-0.1, -0.05) is 0 Å². The van der Waals surface area contributed by atoms with Crippen LogP contribution in [-0.2, 0) is 0 Å². The van der Waals surface area contributed by atoms with E-state index in [4.69, 9.17) is 5.26 Å². The highest BCUT2D eigenvalue weighted by Gasteiger charge is 2.41. The maximum atomic E-state index is 8.76. The third kappa shape index (κ3) is 3.43. The van der Waals surface area contributed by atoms with Crippen molar-refractivity contribution in [2.75, 3.05) is 26.2 Å². The molecule has 3 heteroatoms. The zero-order chi connectivity index (χ0) is 12.3. The highest BCUT2D eigenvalue weighted by Crippen LogP contribution is 2.47. The lowest BCUT2D eigenvalue weighted by atomic mass is 10.0. The van der Waals surface area contributed by atoms with Crippen molar-refractivity contribution in [2.45, 2.75) is 45.6 Å². The maximum absolute atomic E-state index is 8.76. The van der Waals surface area contributed by atoms with E-state index in [-0.39, 0.29) is 0 Å². The molecule has 3 nitrogen and oxygen atoms in total.